The van der Waals surface area contributed by atoms with Crippen LogP contribution in [-0.4, -0.2) is 44.0 Å². The lowest BCUT2D eigenvalue weighted by atomic mass is 10.1. The van der Waals surface area contributed by atoms with Gasteiger partial charge in [0.05, 0.1) is 6.61 Å². The van der Waals surface area contributed by atoms with E-state index >= 15 is 0 Å². The van der Waals surface area contributed by atoms with E-state index in [1.54, 1.807) is 0 Å². The minimum absolute atomic E-state index is 0. The Kier molecular flexibility index (Phi) is 7.85. The second kappa shape index (κ2) is 9.89. The van der Waals surface area contributed by atoms with Crippen LogP contribution < -0.4 is 10.6 Å². The number of hydrogen-bond acceptors (Lipinski definition) is 4. The Morgan fingerprint density at radius 1 is 1.25 bits per heavy atom. The molecule has 1 aliphatic rings. The van der Waals surface area contributed by atoms with E-state index in [0.29, 0.717) is 19.7 Å². The lowest BCUT2D eigenvalue weighted by molar-refractivity contribution is -0.134. The number of ether oxygens (including phenoxy) is 1. The maximum Gasteiger partial charge on any atom is 0.250 e. The molecule has 2 N–H and O–H groups in total. The Balaban J connectivity index is 0.00000208. The lowest BCUT2D eigenvalue weighted by Gasteiger charge is -2.22. The number of amides is 1. The predicted molar refractivity (Wildman–Crippen MR) is 103 cm³/mol. The van der Waals surface area contributed by atoms with E-state index in [4.69, 9.17) is 4.74 Å². The fourth-order valence-electron chi connectivity index (χ4n) is 2.69. The molecule has 1 saturated heterocycles. The van der Waals surface area contributed by atoms with Gasteiger partial charge in [0.25, 0.3) is 0 Å². The van der Waals surface area contributed by atoms with Crippen molar-refractivity contribution in [2.75, 3.05) is 32.0 Å². The Hall–Kier alpha value is -1.27. The predicted octanol–water partition coefficient (Wildman–Crippen LogP) is 2.60. The van der Waals surface area contributed by atoms with Crippen molar-refractivity contribution >= 4 is 40.8 Å². The molecule has 1 fully saturated rings. The second-order valence-electron chi connectivity index (χ2n) is 5.55. The zero-order chi connectivity index (χ0) is 15.9. The number of rotatable bonds is 6. The summed E-state index contributed by atoms with van der Waals surface area (Å²) in [4.78, 5) is 11.9. The number of fused-ring (bicyclic) bond motifs is 1. The van der Waals surface area contributed by atoms with Gasteiger partial charge in [-0.05, 0) is 16.3 Å². The summed E-state index contributed by atoms with van der Waals surface area (Å²) in [5.74, 6) is 1.84. The van der Waals surface area contributed by atoms with Crippen LogP contribution >= 0.6 is 24.2 Å². The van der Waals surface area contributed by atoms with Gasteiger partial charge >= 0.3 is 0 Å². The molecular weight excluding hydrogens is 344 g/mol. The van der Waals surface area contributed by atoms with Crippen molar-refractivity contribution in [3.63, 3.8) is 0 Å². The van der Waals surface area contributed by atoms with Gasteiger partial charge in [0.1, 0.15) is 6.10 Å². The molecule has 2 aromatic carbocycles. The molecule has 1 atom stereocenters. The van der Waals surface area contributed by atoms with Crippen molar-refractivity contribution in [1.29, 1.82) is 0 Å². The summed E-state index contributed by atoms with van der Waals surface area (Å²) in [6, 6.07) is 14.9. The van der Waals surface area contributed by atoms with Gasteiger partial charge in [-0.3, -0.25) is 4.79 Å². The van der Waals surface area contributed by atoms with E-state index in [2.05, 4.69) is 53.1 Å². The van der Waals surface area contributed by atoms with Gasteiger partial charge in [0, 0.05) is 31.1 Å². The van der Waals surface area contributed by atoms with Crippen molar-refractivity contribution in [1.82, 2.24) is 10.6 Å². The Bertz CT molecular complexity index is 657. The SMILES string of the molecule is Cl.O=C(NCCSCc1cccc2ccccc12)C1CNCCO1. The van der Waals surface area contributed by atoms with Gasteiger partial charge in [-0.2, -0.15) is 11.8 Å². The minimum Gasteiger partial charge on any atom is -0.366 e. The first-order valence-corrected chi connectivity index (χ1v) is 9.14. The molecule has 2 aromatic rings. The van der Waals surface area contributed by atoms with Gasteiger partial charge in [-0.25, -0.2) is 0 Å². The van der Waals surface area contributed by atoms with Crippen LogP contribution in [0.15, 0.2) is 42.5 Å². The highest BCUT2D eigenvalue weighted by atomic mass is 35.5. The van der Waals surface area contributed by atoms with Gasteiger partial charge in [0.2, 0.25) is 5.91 Å². The molecule has 0 aromatic heterocycles. The fraction of sp³-hybridized carbons (Fsp3) is 0.389. The fourth-order valence-corrected chi connectivity index (χ4v) is 3.56. The monoisotopic (exact) mass is 366 g/mol. The topological polar surface area (TPSA) is 50.4 Å². The highest BCUT2D eigenvalue weighted by molar-refractivity contribution is 7.98. The zero-order valence-electron chi connectivity index (χ0n) is 13.5. The van der Waals surface area contributed by atoms with Crippen molar-refractivity contribution in [2.45, 2.75) is 11.9 Å². The van der Waals surface area contributed by atoms with Crippen LogP contribution in [0.1, 0.15) is 5.56 Å². The summed E-state index contributed by atoms with van der Waals surface area (Å²) in [6.45, 7) is 2.71. The first-order chi connectivity index (χ1) is 11.3. The first-order valence-electron chi connectivity index (χ1n) is 7.99. The molecule has 24 heavy (non-hydrogen) atoms. The van der Waals surface area contributed by atoms with Crippen molar-refractivity contribution in [3.05, 3.63) is 48.0 Å². The molecule has 0 aliphatic carbocycles. The number of thioether (sulfide) groups is 1. The van der Waals surface area contributed by atoms with Crippen LogP contribution in [0.2, 0.25) is 0 Å². The standard InChI is InChI=1S/C18H22N2O2S.ClH/c21-18(17-12-19-8-10-22-17)20-9-11-23-13-15-6-3-5-14-4-1-2-7-16(14)15;/h1-7,17,19H,8-13H2,(H,20,21);1H. The Labute approximate surface area is 153 Å². The highest BCUT2D eigenvalue weighted by Crippen LogP contribution is 2.22. The summed E-state index contributed by atoms with van der Waals surface area (Å²) in [5.41, 5.74) is 1.35. The molecule has 1 heterocycles. The van der Waals surface area contributed by atoms with E-state index in [-0.39, 0.29) is 24.4 Å². The van der Waals surface area contributed by atoms with Crippen LogP contribution in [0.4, 0.5) is 0 Å². The third kappa shape index (κ3) is 5.11. The third-order valence-electron chi connectivity index (χ3n) is 3.90. The summed E-state index contributed by atoms with van der Waals surface area (Å²) < 4.78 is 5.43. The van der Waals surface area contributed by atoms with E-state index in [0.717, 1.165) is 18.1 Å². The highest BCUT2D eigenvalue weighted by Gasteiger charge is 2.20. The molecular formula is C18H23ClN2O2S. The van der Waals surface area contributed by atoms with E-state index in [1.165, 1.54) is 16.3 Å². The van der Waals surface area contributed by atoms with Crippen LogP contribution in [0, 0.1) is 0 Å². The van der Waals surface area contributed by atoms with Gasteiger partial charge in [-0.1, -0.05) is 42.5 Å². The molecule has 0 saturated carbocycles. The molecule has 4 nitrogen and oxygen atoms in total. The molecule has 130 valence electrons. The van der Waals surface area contributed by atoms with Crippen LogP contribution in [0.3, 0.4) is 0 Å². The summed E-state index contributed by atoms with van der Waals surface area (Å²) in [7, 11) is 0. The molecule has 1 amide bonds. The van der Waals surface area contributed by atoms with E-state index in [1.807, 2.05) is 11.8 Å². The number of carbonyl (C=O) groups is 1. The average Bonchev–Trinajstić information content (AvgIpc) is 2.62. The largest absolute Gasteiger partial charge is 0.366 e. The van der Waals surface area contributed by atoms with Gasteiger partial charge in [0.15, 0.2) is 0 Å². The quantitative estimate of drug-likeness (QED) is 0.771. The number of halogens is 1. The molecule has 0 spiro atoms. The number of nitrogens with one attached hydrogen (secondary N) is 2. The number of carbonyl (C=O) groups excluding carboxylic acids is 1. The van der Waals surface area contributed by atoms with Crippen LogP contribution in [0.5, 0.6) is 0 Å². The van der Waals surface area contributed by atoms with Crippen molar-refractivity contribution < 1.29 is 9.53 Å². The van der Waals surface area contributed by atoms with Gasteiger partial charge < -0.3 is 15.4 Å². The van der Waals surface area contributed by atoms with Gasteiger partial charge in [-0.15, -0.1) is 12.4 Å². The second-order valence-corrected chi connectivity index (χ2v) is 6.65. The van der Waals surface area contributed by atoms with E-state index in [9.17, 15) is 4.79 Å². The summed E-state index contributed by atoms with van der Waals surface area (Å²) in [5, 5.41) is 8.71. The molecule has 6 heteroatoms. The minimum atomic E-state index is -0.341. The number of benzene rings is 2. The van der Waals surface area contributed by atoms with Crippen LogP contribution in [-0.2, 0) is 15.3 Å². The average molecular weight is 367 g/mol. The normalized spacial score (nSPS) is 17.2. The summed E-state index contributed by atoms with van der Waals surface area (Å²) in [6.07, 6.45) is -0.341. The van der Waals surface area contributed by atoms with Crippen LogP contribution in [0.25, 0.3) is 10.8 Å². The third-order valence-corrected chi connectivity index (χ3v) is 4.91. The lowest BCUT2D eigenvalue weighted by Crippen LogP contribution is -2.48. The summed E-state index contributed by atoms with van der Waals surface area (Å²) >= 11 is 1.84. The molecule has 1 unspecified atom stereocenters. The maximum absolute atomic E-state index is 11.9. The number of hydrogen-bond donors (Lipinski definition) is 2. The maximum atomic E-state index is 11.9. The molecule has 3 rings (SSSR count). The zero-order valence-corrected chi connectivity index (χ0v) is 15.1. The molecule has 1 aliphatic heterocycles. The Morgan fingerprint density at radius 3 is 2.92 bits per heavy atom. The molecule has 0 radical (unpaired) electrons. The Morgan fingerprint density at radius 2 is 2.08 bits per heavy atom. The number of morpholine rings is 1. The molecule has 0 bridgehead atoms. The van der Waals surface area contributed by atoms with Crippen molar-refractivity contribution in [2.24, 2.45) is 0 Å². The van der Waals surface area contributed by atoms with Crippen molar-refractivity contribution in [3.8, 4) is 0 Å². The smallest absolute Gasteiger partial charge is 0.250 e. The van der Waals surface area contributed by atoms with E-state index < -0.39 is 0 Å². The first kappa shape index (κ1) is 19.1.